The van der Waals surface area contributed by atoms with E-state index in [1.807, 2.05) is 54.6 Å². The molecular formula is C34H38O8. The predicted octanol–water partition coefficient (Wildman–Crippen LogP) is 3.75. The molecule has 0 spiro atoms. The molecule has 42 heavy (non-hydrogen) atoms. The monoisotopic (exact) mass is 574 g/mol. The van der Waals surface area contributed by atoms with Crippen LogP contribution in [0.25, 0.3) is 0 Å². The Bertz CT molecular complexity index is 1210. The van der Waals surface area contributed by atoms with Crippen molar-refractivity contribution in [2.75, 3.05) is 13.7 Å². The normalized spacial score (nSPS) is 30.7. The van der Waals surface area contributed by atoms with Crippen LogP contribution in [-0.2, 0) is 34.1 Å². The maximum Gasteiger partial charge on any atom is 0.308 e. The molecule has 3 fully saturated rings. The highest BCUT2D eigenvalue weighted by atomic mass is 16.6. The first-order valence-corrected chi connectivity index (χ1v) is 14.7. The fourth-order valence-corrected chi connectivity index (χ4v) is 6.68. The van der Waals surface area contributed by atoms with E-state index in [0.717, 1.165) is 16.7 Å². The van der Waals surface area contributed by atoms with Crippen LogP contribution in [0.2, 0.25) is 0 Å². The van der Waals surface area contributed by atoms with Gasteiger partial charge >= 0.3 is 5.97 Å². The van der Waals surface area contributed by atoms with Crippen molar-refractivity contribution >= 4 is 5.97 Å². The third kappa shape index (κ3) is 5.51. The Morgan fingerprint density at radius 3 is 1.86 bits per heavy atom. The molecule has 3 saturated heterocycles. The molecule has 0 bridgehead atoms. The van der Waals surface area contributed by atoms with Gasteiger partial charge in [-0.3, -0.25) is 4.79 Å². The second-order valence-corrected chi connectivity index (χ2v) is 11.3. The van der Waals surface area contributed by atoms with Gasteiger partial charge in [-0.05, 0) is 36.0 Å². The van der Waals surface area contributed by atoms with E-state index in [4.69, 9.17) is 23.7 Å². The van der Waals surface area contributed by atoms with Gasteiger partial charge < -0.3 is 33.9 Å². The second kappa shape index (κ2) is 12.6. The number of carbonyl (C=O) groups excluding carboxylic acids is 1. The number of fused-ring (bicyclic) bond motifs is 2. The summed E-state index contributed by atoms with van der Waals surface area (Å²) in [7, 11) is 1.35. The summed E-state index contributed by atoms with van der Waals surface area (Å²) in [5, 5.41) is 22.5. The zero-order valence-corrected chi connectivity index (χ0v) is 23.7. The first kappa shape index (κ1) is 29.0. The number of esters is 1. The predicted molar refractivity (Wildman–Crippen MR) is 154 cm³/mol. The molecule has 6 rings (SSSR count). The van der Waals surface area contributed by atoms with Crippen molar-refractivity contribution in [1.82, 2.24) is 0 Å². The van der Waals surface area contributed by atoms with Crippen LogP contribution in [0.3, 0.4) is 0 Å². The molecule has 8 heteroatoms. The third-order valence-electron chi connectivity index (χ3n) is 8.75. The van der Waals surface area contributed by atoms with Crippen LogP contribution in [-0.4, -0.2) is 78.7 Å². The van der Waals surface area contributed by atoms with Crippen LogP contribution in [0.5, 0.6) is 0 Å². The standard InChI is InChI=1S/C34H38O8/c1-38-28(35)21-25-17-18-27-31(40-25)30(37)33-32(42-27)29(36)26(41-33)19-20-39-34(22-11-5-2-6-12-22,23-13-7-3-8-14-23)24-15-9-4-10-16-24/h2-16,25-27,29-33,36-37H,17-21H2,1H3/t25-,26-,27+,29+,30+,31+,32+,33+/m1/s1. The van der Waals surface area contributed by atoms with E-state index in [0.29, 0.717) is 19.3 Å². The van der Waals surface area contributed by atoms with Crippen LogP contribution in [0.1, 0.15) is 42.4 Å². The molecule has 3 aromatic rings. The molecule has 0 saturated carbocycles. The summed E-state index contributed by atoms with van der Waals surface area (Å²) >= 11 is 0. The summed E-state index contributed by atoms with van der Waals surface area (Å²) in [5.41, 5.74) is 2.09. The average Bonchev–Trinajstić information content (AvgIpc) is 3.36. The second-order valence-electron chi connectivity index (χ2n) is 11.3. The molecule has 0 amide bonds. The van der Waals surface area contributed by atoms with E-state index >= 15 is 0 Å². The Morgan fingerprint density at radius 1 is 0.762 bits per heavy atom. The molecular weight excluding hydrogens is 536 g/mol. The van der Waals surface area contributed by atoms with Crippen LogP contribution >= 0.6 is 0 Å². The third-order valence-corrected chi connectivity index (χ3v) is 8.75. The Kier molecular flexibility index (Phi) is 8.72. The van der Waals surface area contributed by atoms with Gasteiger partial charge in [0, 0.05) is 0 Å². The smallest absolute Gasteiger partial charge is 0.308 e. The van der Waals surface area contributed by atoms with Crippen molar-refractivity contribution in [1.29, 1.82) is 0 Å². The van der Waals surface area contributed by atoms with E-state index in [2.05, 4.69) is 36.4 Å². The first-order valence-electron chi connectivity index (χ1n) is 14.7. The molecule has 8 nitrogen and oxygen atoms in total. The van der Waals surface area contributed by atoms with Crippen LogP contribution in [0.4, 0.5) is 0 Å². The Balaban J connectivity index is 1.19. The van der Waals surface area contributed by atoms with Gasteiger partial charge in [0.25, 0.3) is 0 Å². The van der Waals surface area contributed by atoms with Crippen molar-refractivity contribution < 1.29 is 38.7 Å². The maximum atomic E-state index is 11.8. The SMILES string of the molecule is COC(=O)C[C@H]1CC[C@@H]2O[C@H]3[C@@H](O)[C@@H](CCOC(c4ccccc4)(c4ccccc4)c4ccccc4)O[C@H]3[C@@H](O)[C@H]2O1. The summed E-state index contributed by atoms with van der Waals surface area (Å²) in [6.07, 6.45) is -3.59. The van der Waals surface area contributed by atoms with Crippen LogP contribution in [0.15, 0.2) is 91.0 Å². The van der Waals surface area contributed by atoms with Gasteiger partial charge in [-0.1, -0.05) is 91.0 Å². The summed E-state index contributed by atoms with van der Waals surface area (Å²) in [6, 6.07) is 30.4. The Morgan fingerprint density at radius 2 is 1.31 bits per heavy atom. The lowest BCUT2D eigenvalue weighted by Crippen LogP contribution is -2.61. The number of hydrogen-bond donors (Lipinski definition) is 2. The van der Waals surface area contributed by atoms with E-state index in [-0.39, 0.29) is 31.2 Å². The summed E-state index contributed by atoms with van der Waals surface area (Å²) in [5.74, 6) is -0.354. The quantitative estimate of drug-likeness (QED) is 0.294. The van der Waals surface area contributed by atoms with Gasteiger partial charge in [-0.2, -0.15) is 0 Å². The summed E-state index contributed by atoms with van der Waals surface area (Å²) < 4.78 is 30.2. The number of hydrogen-bond acceptors (Lipinski definition) is 8. The minimum atomic E-state index is -0.994. The van der Waals surface area contributed by atoms with E-state index in [1.165, 1.54) is 7.11 Å². The van der Waals surface area contributed by atoms with E-state index in [1.54, 1.807) is 0 Å². The van der Waals surface area contributed by atoms with Gasteiger partial charge in [-0.15, -0.1) is 0 Å². The molecule has 3 heterocycles. The zero-order chi connectivity index (χ0) is 29.1. The molecule has 3 aromatic carbocycles. The van der Waals surface area contributed by atoms with Crippen LogP contribution in [0, 0.1) is 0 Å². The first-order chi connectivity index (χ1) is 20.5. The number of benzene rings is 3. The number of aliphatic hydroxyl groups is 2. The summed E-state index contributed by atoms with van der Waals surface area (Å²) in [4.78, 5) is 11.8. The lowest BCUT2D eigenvalue weighted by Gasteiger charge is -2.46. The van der Waals surface area contributed by atoms with Crippen molar-refractivity contribution in [2.45, 2.75) is 80.1 Å². The Hall–Kier alpha value is -3.11. The van der Waals surface area contributed by atoms with Gasteiger partial charge in [0.2, 0.25) is 0 Å². The van der Waals surface area contributed by atoms with Gasteiger partial charge in [0.1, 0.15) is 36.1 Å². The maximum absolute atomic E-state index is 11.8. The van der Waals surface area contributed by atoms with Crippen molar-refractivity contribution in [3.05, 3.63) is 108 Å². The number of methoxy groups -OCH3 is 1. The Labute approximate surface area is 246 Å². The highest BCUT2D eigenvalue weighted by Crippen LogP contribution is 2.42. The van der Waals surface area contributed by atoms with Gasteiger partial charge in [0.05, 0.1) is 38.4 Å². The minimum absolute atomic E-state index is 0.121. The number of ether oxygens (including phenoxy) is 5. The van der Waals surface area contributed by atoms with Crippen molar-refractivity contribution in [3.63, 3.8) is 0 Å². The van der Waals surface area contributed by atoms with Crippen molar-refractivity contribution in [2.24, 2.45) is 0 Å². The van der Waals surface area contributed by atoms with Crippen LogP contribution < -0.4 is 0 Å². The topological polar surface area (TPSA) is 104 Å². The van der Waals surface area contributed by atoms with Gasteiger partial charge in [0.15, 0.2) is 0 Å². The fraction of sp³-hybridized carbons (Fsp3) is 0.441. The lowest BCUT2D eigenvalue weighted by molar-refractivity contribution is -0.259. The van der Waals surface area contributed by atoms with E-state index < -0.39 is 42.2 Å². The molecule has 8 atom stereocenters. The number of carbonyl (C=O) groups is 1. The minimum Gasteiger partial charge on any atom is -0.469 e. The summed E-state index contributed by atoms with van der Waals surface area (Å²) in [6.45, 7) is 0.278. The molecule has 0 aliphatic carbocycles. The molecule has 2 N–H and O–H groups in total. The molecule has 3 aliphatic rings. The highest BCUT2D eigenvalue weighted by Gasteiger charge is 2.57. The number of rotatable bonds is 9. The molecule has 0 unspecified atom stereocenters. The van der Waals surface area contributed by atoms with Gasteiger partial charge in [-0.25, -0.2) is 0 Å². The average molecular weight is 575 g/mol. The largest absolute Gasteiger partial charge is 0.469 e. The molecule has 0 aromatic heterocycles. The highest BCUT2D eigenvalue weighted by molar-refractivity contribution is 5.69. The lowest BCUT2D eigenvalue weighted by atomic mass is 9.80. The van der Waals surface area contributed by atoms with Crippen molar-refractivity contribution in [3.8, 4) is 0 Å². The number of aliphatic hydroxyl groups excluding tert-OH is 2. The molecule has 222 valence electrons. The zero-order valence-electron chi connectivity index (χ0n) is 23.7. The molecule has 0 radical (unpaired) electrons. The van der Waals surface area contributed by atoms with E-state index in [9.17, 15) is 15.0 Å². The fourth-order valence-electron chi connectivity index (χ4n) is 6.68. The molecule has 3 aliphatic heterocycles.